The summed E-state index contributed by atoms with van der Waals surface area (Å²) in [7, 11) is 0. The lowest BCUT2D eigenvalue weighted by Gasteiger charge is -2.44. The van der Waals surface area contributed by atoms with Crippen molar-refractivity contribution in [3.63, 3.8) is 0 Å². The molecule has 142 valence electrons. The normalized spacial score (nSPS) is 18.2. The summed E-state index contributed by atoms with van der Waals surface area (Å²) in [5, 5.41) is 3.42. The number of anilines is 2. The quantitative estimate of drug-likeness (QED) is 0.450. The predicted molar refractivity (Wildman–Crippen MR) is 119 cm³/mol. The zero-order valence-electron chi connectivity index (χ0n) is 16.0. The van der Waals surface area contributed by atoms with Gasteiger partial charge >= 0.3 is 0 Å². The molecule has 0 bridgehead atoms. The van der Waals surface area contributed by atoms with Crippen molar-refractivity contribution in [2.75, 3.05) is 5.32 Å². The molecule has 1 atom stereocenters. The average molecular weight is 387 g/mol. The van der Waals surface area contributed by atoms with Crippen LogP contribution in [0.2, 0.25) is 0 Å². The van der Waals surface area contributed by atoms with E-state index in [0.717, 1.165) is 16.8 Å². The Balaban J connectivity index is 1.35. The van der Waals surface area contributed by atoms with Gasteiger partial charge in [0.1, 0.15) is 5.52 Å². The lowest BCUT2D eigenvalue weighted by atomic mass is 9.84. The number of fused-ring (bicyclic) bond motifs is 4. The topological polar surface area (TPSA) is 41.3 Å². The molecule has 1 aromatic heterocycles. The first-order valence-corrected chi connectivity index (χ1v) is 10.1. The molecular weight excluding hydrogens is 370 g/mol. The Morgan fingerprint density at radius 2 is 1.67 bits per heavy atom. The minimum absolute atomic E-state index is 0.249. The summed E-state index contributed by atoms with van der Waals surface area (Å²) in [6.07, 6.45) is 6.56. The maximum atomic E-state index is 5.91. The molecule has 0 fully saturated rings. The van der Waals surface area contributed by atoms with Crippen molar-refractivity contribution in [3.05, 3.63) is 113 Å². The largest absolute Gasteiger partial charge is 0.423 e. The molecule has 3 aliphatic rings. The number of para-hydroxylation sites is 3. The highest BCUT2D eigenvalue weighted by Gasteiger charge is 2.47. The molecule has 0 aliphatic carbocycles. The fourth-order valence-corrected chi connectivity index (χ4v) is 4.86. The predicted octanol–water partition coefficient (Wildman–Crippen LogP) is 6.26. The number of benzene rings is 3. The second-order valence-electron chi connectivity index (χ2n) is 7.73. The van der Waals surface area contributed by atoms with Crippen LogP contribution in [0.3, 0.4) is 0 Å². The van der Waals surface area contributed by atoms with Crippen LogP contribution >= 0.6 is 0 Å². The molecule has 0 amide bonds. The van der Waals surface area contributed by atoms with Crippen LogP contribution in [0.4, 0.5) is 11.7 Å². The monoisotopic (exact) mass is 387 g/mol. The number of aromatic nitrogens is 1. The second kappa shape index (κ2) is 5.74. The van der Waals surface area contributed by atoms with Crippen molar-refractivity contribution in [1.82, 2.24) is 9.88 Å². The van der Waals surface area contributed by atoms with E-state index in [2.05, 4.69) is 75.9 Å². The number of hydrogen-bond acceptors (Lipinski definition) is 4. The molecule has 7 rings (SSSR count). The molecule has 1 N–H and O–H groups in total. The first-order chi connectivity index (χ1) is 14.9. The highest BCUT2D eigenvalue weighted by atomic mass is 16.4. The molecule has 3 aromatic carbocycles. The van der Waals surface area contributed by atoms with Crippen LogP contribution in [0.5, 0.6) is 0 Å². The third-order valence-corrected chi connectivity index (χ3v) is 6.12. The lowest BCUT2D eigenvalue weighted by molar-refractivity contribution is 0.416. The summed E-state index contributed by atoms with van der Waals surface area (Å²) >= 11 is 0. The van der Waals surface area contributed by atoms with Gasteiger partial charge in [-0.25, -0.2) is 0 Å². The molecular formula is C26H17N3O. The Labute approximate surface area is 173 Å². The summed E-state index contributed by atoms with van der Waals surface area (Å²) < 4.78 is 5.91. The maximum absolute atomic E-state index is 5.91. The van der Waals surface area contributed by atoms with Gasteiger partial charge in [-0.1, -0.05) is 60.7 Å². The Hall–Kier alpha value is -4.05. The molecule has 3 aliphatic heterocycles. The van der Waals surface area contributed by atoms with Gasteiger partial charge in [0, 0.05) is 28.1 Å². The van der Waals surface area contributed by atoms with E-state index in [9.17, 15) is 0 Å². The minimum atomic E-state index is 0.249. The third-order valence-electron chi connectivity index (χ3n) is 6.12. The van der Waals surface area contributed by atoms with Crippen LogP contribution in [0.15, 0.2) is 101 Å². The van der Waals surface area contributed by atoms with Gasteiger partial charge in [-0.05, 0) is 35.9 Å². The molecule has 0 radical (unpaired) electrons. The summed E-state index contributed by atoms with van der Waals surface area (Å²) in [4.78, 5) is 7.03. The number of nitrogens with one attached hydrogen (secondary N) is 1. The van der Waals surface area contributed by atoms with Gasteiger partial charge in [-0.2, -0.15) is 4.98 Å². The van der Waals surface area contributed by atoms with E-state index in [-0.39, 0.29) is 6.04 Å². The van der Waals surface area contributed by atoms with Crippen LogP contribution in [-0.2, 0) is 0 Å². The first kappa shape index (κ1) is 15.8. The van der Waals surface area contributed by atoms with Crippen LogP contribution < -0.4 is 5.32 Å². The Kier molecular flexibility index (Phi) is 3.03. The zero-order chi connectivity index (χ0) is 19.7. The number of nitrogens with zero attached hydrogens (tertiary/aromatic N) is 2. The van der Waals surface area contributed by atoms with Crippen molar-refractivity contribution in [2.45, 2.75) is 6.04 Å². The Bertz CT molecular complexity index is 1410. The van der Waals surface area contributed by atoms with Gasteiger partial charge in [0.25, 0.3) is 6.01 Å². The molecule has 4 aromatic rings. The Morgan fingerprint density at radius 1 is 0.867 bits per heavy atom. The SMILES string of the molecule is C1=CC2=C(c3ccccc3Nc3nc4ccccc4o3)C3c4ccccc4C(=C1)N23. The van der Waals surface area contributed by atoms with Crippen molar-refractivity contribution in [2.24, 2.45) is 0 Å². The minimum Gasteiger partial charge on any atom is -0.423 e. The average Bonchev–Trinajstić information content (AvgIpc) is 3.32. The van der Waals surface area contributed by atoms with Crippen molar-refractivity contribution in [3.8, 4) is 0 Å². The van der Waals surface area contributed by atoms with E-state index >= 15 is 0 Å². The number of allylic oxidation sites excluding steroid dienone is 3. The summed E-state index contributed by atoms with van der Waals surface area (Å²) in [6, 6.07) is 25.7. The Morgan fingerprint density at radius 3 is 2.60 bits per heavy atom. The van der Waals surface area contributed by atoms with Gasteiger partial charge < -0.3 is 14.6 Å². The van der Waals surface area contributed by atoms with E-state index in [0.29, 0.717) is 6.01 Å². The maximum Gasteiger partial charge on any atom is 0.300 e. The van der Waals surface area contributed by atoms with E-state index < -0.39 is 0 Å². The van der Waals surface area contributed by atoms with Crippen molar-refractivity contribution >= 4 is 34.1 Å². The van der Waals surface area contributed by atoms with E-state index in [1.54, 1.807) is 0 Å². The van der Waals surface area contributed by atoms with Gasteiger partial charge in [0.15, 0.2) is 5.58 Å². The molecule has 0 saturated heterocycles. The molecule has 0 saturated carbocycles. The highest BCUT2D eigenvalue weighted by Crippen LogP contribution is 2.60. The summed E-state index contributed by atoms with van der Waals surface area (Å²) in [5.41, 5.74) is 10.4. The smallest absolute Gasteiger partial charge is 0.300 e. The van der Waals surface area contributed by atoms with Crippen molar-refractivity contribution in [1.29, 1.82) is 0 Å². The van der Waals surface area contributed by atoms with E-state index in [4.69, 9.17) is 4.42 Å². The molecule has 4 nitrogen and oxygen atoms in total. The van der Waals surface area contributed by atoms with Crippen LogP contribution in [0, 0.1) is 0 Å². The van der Waals surface area contributed by atoms with E-state index in [1.165, 1.54) is 33.7 Å². The second-order valence-corrected chi connectivity index (χ2v) is 7.73. The number of hydrogen-bond donors (Lipinski definition) is 1. The third kappa shape index (κ3) is 2.02. The molecule has 30 heavy (non-hydrogen) atoms. The van der Waals surface area contributed by atoms with Gasteiger partial charge in [0.05, 0.1) is 11.7 Å². The molecule has 1 unspecified atom stereocenters. The fraction of sp³-hybridized carbons (Fsp3) is 0.0385. The van der Waals surface area contributed by atoms with Crippen molar-refractivity contribution < 1.29 is 4.42 Å². The lowest BCUT2D eigenvalue weighted by Crippen LogP contribution is -2.33. The van der Waals surface area contributed by atoms with Crippen LogP contribution in [-0.4, -0.2) is 9.88 Å². The van der Waals surface area contributed by atoms with E-state index in [1.807, 2.05) is 30.3 Å². The number of rotatable bonds is 3. The van der Waals surface area contributed by atoms with Gasteiger partial charge in [0.2, 0.25) is 0 Å². The molecule has 4 heterocycles. The highest BCUT2D eigenvalue weighted by molar-refractivity contribution is 5.96. The molecule has 0 spiro atoms. The first-order valence-electron chi connectivity index (χ1n) is 10.1. The standard InChI is InChI=1S/C26H17N3O/c1-2-9-17-16(8-1)21-13-7-14-22-24(25(17)29(21)22)18-10-3-4-11-19(18)27-26-28-20-12-5-6-15-23(20)30-26/h1-15,25H,(H,27,28). The molecule has 4 heteroatoms. The van der Waals surface area contributed by atoms with Crippen LogP contribution in [0.25, 0.3) is 22.4 Å². The van der Waals surface area contributed by atoms with Gasteiger partial charge in [-0.3, -0.25) is 0 Å². The summed E-state index contributed by atoms with van der Waals surface area (Å²) in [5.74, 6) is 0. The van der Waals surface area contributed by atoms with Gasteiger partial charge in [-0.15, -0.1) is 0 Å². The number of oxazole rings is 1. The van der Waals surface area contributed by atoms with Crippen LogP contribution in [0.1, 0.15) is 22.7 Å². The fourth-order valence-electron chi connectivity index (χ4n) is 4.86. The summed E-state index contributed by atoms with van der Waals surface area (Å²) in [6.45, 7) is 0. The zero-order valence-corrected chi connectivity index (χ0v) is 16.0.